The van der Waals surface area contributed by atoms with Crippen LogP contribution < -0.4 is 0 Å². The van der Waals surface area contributed by atoms with Gasteiger partial charge in [-0.2, -0.15) is 0 Å². The molecule has 2 unspecified atom stereocenters. The molecule has 0 N–H and O–H groups in total. The fourth-order valence-corrected chi connectivity index (χ4v) is 7.22. The molecular formula is C30H36N4. The Bertz CT molecular complexity index is 1460. The first-order valence-electron chi connectivity index (χ1n) is 13.3. The Hall–Kier alpha value is -2.46. The normalized spacial score (nSPS) is 24.5. The Morgan fingerprint density at radius 3 is 2.29 bits per heavy atom. The van der Waals surface area contributed by atoms with Crippen LogP contribution in [0, 0.1) is 0 Å². The van der Waals surface area contributed by atoms with Gasteiger partial charge in [0.2, 0.25) is 0 Å². The minimum absolute atomic E-state index is 0.0882. The Kier molecular flexibility index (Phi) is 4.18. The molecule has 2 aromatic carbocycles. The van der Waals surface area contributed by atoms with Gasteiger partial charge in [0.1, 0.15) is 11.5 Å². The van der Waals surface area contributed by atoms with E-state index in [-0.39, 0.29) is 10.8 Å². The highest BCUT2D eigenvalue weighted by atomic mass is 15.2. The van der Waals surface area contributed by atoms with E-state index in [0.717, 1.165) is 16.7 Å². The zero-order chi connectivity index (χ0) is 23.4. The molecule has 0 spiro atoms. The molecule has 2 bridgehead atoms. The zero-order valence-corrected chi connectivity index (χ0v) is 21.3. The van der Waals surface area contributed by atoms with Crippen molar-refractivity contribution in [3.63, 3.8) is 0 Å². The third-order valence-corrected chi connectivity index (χ3v) is 9.31. The van der Waals surface area contributed by atoms with Crippen LogP contribution in [0.4, 0.5) is 0 Å². The van der Waals surface area contributed by atoms with Gasteiger partial charge in [0, 0.05) is 22.9 Å². The highest BCUT2D eigenvalue weighted by Crippen LogP contribution is 2.53. The van der Waals surface area contributed by atoms with E-state index in [4.69, 9.17) is 9.97 Å². The molecule has 2 fully saturated rings. The molecule has 2 aliphatic heterocycles. The number of rotatable bonds is 1. The Balaban J connectivity index is 1.57. The average Bonchev–Trinajstić information content (AvgIpc) is 3.45. The second kappa shape index (κ2) is 6.81. The predicted octanol–water partition coefficient (Wildman–Crippen LogP) is 7.38. The number of hydrogen-bond donors (Lipinski definition) is 0. The van der Waals surface area contributed by atoms with Gasteiger partial charge in [-0.15, -0.1) is 0 Å². The fraction of sp³-hybridized carbons (Fsp3) is 0.533. The van der Waals surface area contributed by atoms with Crippen molar-refractivity contribution in [3.8, 4) is 0 Å². The lowest BCUT2D eigenvalue weighted by molar-refractivity contribution is 0.280. The number of imidazole rings is 1. The quantitative estimate of drug-likeness (QED) is 0.302. The summed E-state index contributed by atoms with van der Waals surface area (Å²) in [7, 11) is 2.29. The lowest BCUT2D eigenvalue weighted by Crippen LogP contribution is -2.29. The molecule has 7 rings (SSSR count). The van der Waals surface area contributed by atoms with Crippen molar-refractivity contribution in [2.24, 2.45) is 0 Å². The van der Waals surface area contributed by atoms with Gasteiger partial charge >= 0.3 is 0 Å². The van der Waals surface area contributed by atoms with E-state index in [0.29, 0.717) is 12.1 Å². The zero-order valence-electron chi connectivity index (χ0n) is 21.3. The number of aromatic nitrogens is 3. The standard InChI is InChI=1S/C30H36N4/c1-29(2,3)18-9-10-19-22(15-18)32-28(30(4)13-7-6-8-14-30)34-26-17-21-20(16-23(26)31-27(19)34)24-11-12-25(21)33(24)5/h9-10,15-17,24-25H,6-8,11-14H2,1-5H3. The molecule has 4 aromatic rings. The maximum Gasteiger partial charge on any atom is 0.148 e. The molecule has 3 aliphatic rings. The lowest BCUT2D eigenvalue weighted by Gasteiger charge is -2.34. The second-order valence-electron chi connectivity index (χ2n) is 12.6. The molecule has 4 heteroatoms. The van der Waals surface area contributed by atoms with E-state index < -0.39 is 0 Å². The summed E-state index contributed by atoms with van der Waals surface area (Å²) in [5.74, 6) is 1.22. The lowest BCUT2D eigenvalue weighted by atomic mass is 9.75. The van der Waals surface area contributed by atoms with E-state index in [1.165, 1.54) is 78.4 Å². The molecule has 1 aliphatic carbocycles. The third kappa shape index (κ3) is 2.75. The second-order valence-corrected chi connectivity index (χ2v) is 12.6. The average molecular weight is 453 g/mol. The smallest absolute Gasteiger partial charge is 0.148 e. The number of benzene rings is 2. The molecule has 1 saturated carbocycles. The summed E-state index contributed by atoms with van der Waals surface area (Å²) >= 11 is 0. The van der Waals surface area contributed by atoms with E-state index >= 15 is 0 Å². The van der Waals surface area contributed by atoms with Crippen molar-refractivity contribution in [1.29, 1.82) is 0 Å². The number of hydrogen-bond acceptors (Lipinski definition) is 3. The van der Waals surface area contributed by atoms with E-state index in [1.54, 1.807) is 0 Å². The summed E-state index contributed by atoms with van der Waals surface area (Å²) < 4.78 is 2.45. The molecule has 4 heterocycles. The highest BCUT2D eigenvalue weighted by Gasteiger charge is 2.42. The Morgan fingerprint density at radius 2 is 1.59 bits per heavy atom. The highest BCUT2D eigenvalue weighted by molar-refractivity contribution is 5.97. The van der Waals surface area contributed by atoms with Gasteiger partial charge in [-0.3, -0.25) is 9.30 Å². The van der Waals surface area contributed by atoms with Crippen LogP contribution in [0.1, 0.15) is 107 Å². The Morgan fingerprint density at radius 1 is 0.882 bits per heavy atom. The molecule has 34 heavy (non-hydrogen) atoms. The van der Waals surface area contributed by atoms with Gasteiger partial charge < -0.3 is 0 Å². The Labute approximate surface area is 202 Å². The topological polar surface area (TPSA) is 33.4 Å². The van der Waals surface area contributed by atoms with E-state index in [9.17, 15) is 0 Å². The van der Waals surface area contributed by atoms with Gasteiger partial charge in [0.15, 0.2) is 0 Å². The van der Waals surface area contributed by atoms with Gasteiger partial charge in [-0.05, 0) is 79.1 Å². The SMILES string of the molecule is CN1C2CCC1c1cc3c(cc12)nc1c2ccc(C(C)(C)C)cc2nc(C2(C)CCCCC2)n31. The molecular weight excluding hydrogens is 416 g/mol. The van der Waals surface area contributed by atoms with Gasteiger partial charge in [0.05, 0.1) is 16.6 Å². The molecule has 176 valence electrons. The predicted molar refractivity (Wildman–Crippen MR) is 140 cm³/mol. The molecule has 1 saturated heterocycles. The van der Waals surface area contributed by atoms with E-state index in [1.807, 2.05) is 0 Å². The maximum atomic E-state index is 5.46. The summed E-state index contributed by atoms with van der Waals surface area (Å²) in [5.41, 5.74) is 9.14. The van der Waals surface area contributed by atoms with Crippen molar-refractivity contribution >= 4 is 27.6 Å². The van der Waals surface area contributed by atoms with Crippen LogP contribution in [0.3, 0.4) is 0 Å². The summed E-state index contributed by atoms with van der Waals surface area (Å²) in [6, 6.07) is 12.9. The van der Waals surface area contributed by atoms with Crippen LogP contribution >= 0.6 is 0 Å². The van der Waals surface area contributed by atoms with Crippen molar-refractivity contribution in [3.05, 3.63) is 52.8 Å². The van der Waals surface area contributed by atoms with Crippen molar-refractivity contribution in [1.82, 2.24) is 19.3 Å². The van der Waals surface area contributed by atoms with Crippen LogP contribution in [0.5, 0.6) is 0 Å². The van der Waals surface area contributed by atoms with Crippen molar-refractivity contribution in [2.75, 3.05) is 7.05 Å². The van der Waals surface area contributed by atoms with Gasteiger partial charge in [-0.1, -0.05) is 53.0 Å². The van der Waals surface area contributed by atoms with E-state index in [2.05, 4.69) is 74.4 Å². The van der Waals surface area contributed by atoms with Gasteiger partial charge in [-0.25, -0.2) is 9.97 Å². The van der Waals surface area contributed by atoms with Crippen molar-refractivity contribution < 1.29 is 0 Å². The molecule has 2 aromatic heterocycles. The minimum atomic E-state index is 0.0882. The molecule has 4 nitrogen and oxygen atoms in total. The summed E-state index contributed by atoms with van der Waals surface area (Å²) in [5, 5.41) is 1.17. The molecule has 0 radical (unpaired) electrons. The largest absolute Gasteiger partial charge is 0.292 e. The van der Waals surface area contributed by atoms with Gasteiger partial charge in [0.25, 0.3) is 0 Å². The van der Waals surface area contributed by atoms with Crippen LogP contribution in [-0.2, 0) is 10.8 Å². The van der Waals surface area contributed by atoms with Crippen LogP contribution in [0.25, 0.3) is 27.6 Å². The summed E-state index contributed by atoms with van der Waals surface area (Å²) in [6.07, 6.45) is 8.88. The number of fused-ring (bicyclic) bond motifs is 10. The molecule has 0 amide bonds. The first-order valence-corrected chi connectivity index (χ1v) is 13.3. The fourth-order valence-electron chi connectivity index (χ4n) is 7.22. The van der Waals surface area contributed by atoms with Crippen molar-refractivity contribution in [2.45, 2.75) is 95.6 Å². The first kappa shape index (κ1) is 20.9. The van der Waals surface area contributed by atoms with Crippen LogP contribution in [0.15, 0.2) is 30.3 Å². The van der Waals surface area contributed by atoms with Crippen LogP contribution in [-0.4, -0.2) is 26.3 Å². The minimum Gasteiger partial charge on any atom is -0.292 e. The molecule has 2 atom stereocenters. The third-order valence-electron chi connectivity index (χ3n) is 9.31. The summed E-state index contributed by atoms with van der Waals surface area (Å²) in [6.45, 7) is 9.30. The first-order chi connectivity index (χ1) is 16.2. The van der Waals surface area contributed by atoms with Crippen LogP contribution in [0.2, 0.25) is 0 Å². The monoisotopic (exact) mass is 452 g/mol. The summed E-state index contributed by atoms with van der Waals surface area (Å²) in [4.78, 5) is 13.3. The maximum absolute atomic E-state index is 5.46. The number of nitrogens with zero attached hydrogens (tertiary/aromatic N) is 4.